The molecule has 9 nitrogen and oxygen atoms in total. The number of hydrogen-bond acceptors (Lipinski definition) is 7. The molecule has 0 saturated heterocycles. The van der Waals surface area contributed by atoms with Crippen molar-refractivity contribution in [2.24, 2.45) is 0 Å². The van der Waals surface area contributed by atoms with Crippen LogP contribution in [0.4, 0.5) is 0 Å². The zero-order valence-electron chi connectivity index (χ0n) is 33.3. The Morgan fingerprint density at radius 3 is 1.24 bits per heavy atom. The smallest absolute Gasteiger partial charge is 0.126 e. The van der Waals surface area contributed by atoms with Gasteiger partial charge in [-0.15, -0.1) is 0 Å². The molecule has 0 amide bonds. The maximum Gasteiger partial charge on any atom is 0.126 e. The highest BCUT2D eigenvalue weighted by Gasteiger charge is 2.24. The second-order valence-corrected chi connectivity index (χ2v) is 15.2. The first-order valence-corrected chi connectivity index (χ1v) is 19.7. The van der Waals surface area contributed by atoms with Gasteiger partial charge in [0.05, 0.1) is 85.7 Å². The van der Waals surface area contributed by atoms with Gasteiger partial charge >= 0.3 is 0 Å². The summed E-state index contributed by atoms with van der Waals surface area (Å²) in [6, 6.07) is 56.0. The van der Waals surface area contributed by atoms with Crippen molar-refractivity contribution in [2.75, 3.05) is 0 Å². The van der Waals surface area contributed by atoms with Crippen molar-refractivity contribution in [3.05, 3.63) is 179 Å². The van der Waals surface area contributed by atoms with Crippen LogP contribution < -0.4 is 0 Å². The highest BCUT2D eigenvalue weighted by Crippen LogP contribution is 2.42. The number of rotatable bonds is 5. The number of benzene rings is 7. The first-order valence-electron chi connectivity index (χ1n) is 19.7. The Morgan fingerprint density at radius 2 is 0.823 bits per heavy atom. The van der Waals surface area contributed by atoms with Gasteiger partial charge in [-0.2, -0.15) is 26.3 Å². The zero-order chi connectivity index (χ0) is 42.6. The summed E-state index contributed by atoms with van der Waals surface area (Å²) in [6.45, 7) is 3.80. The van der Waals surface area contributed by atoms with E-state index < -0.39 is 0 Å². The van der Waals surface area contributed by atoms with Crippen molar-refractivity contribution < 1.29 is 0 Å². The Kier molecular flexibility index (Phi) is 8.64. The van der Waals surface area contributed by atoms with E-state index in [0.717, 1.165) is 77.1 Å². The Balaban J connectivity index is 1.33. The fraction of sp³-hybridized carbons (Fsp3) is 0.0377. The molecule has 0 unspecified atom stereocenters. The molecule has 0 N–H and O–H groups in total. The number of nitrogens with zero attached hydrogens (tertiary/aromatic N) is 9. The van der Waals surface area contributed by atoms with Gasteiger partial charge in [-0.1, -0.05) is 60.7 Å². The Hall–Kier alpha value is -9.33. The molecule has 0 spiro atoms. The summed E-state index contributed by atoms with van der Waals surface area (Å²) in [6.07, 6.45) is 0. The largest absolute Gasteiger partial charge is 0.308 e. The lowest BCUT2D eigenvalue weighted by atomic mass is 9.99. The quantitative estimate of drug-likeness (QED) is 0.168. The van der Waals surface area contributed by atoms with Crippen molar-refractivity contribution in [1.29, 1.82) is 26.3 Å². The number of aryl methyl sites for hydroxylation is 2. The van der Waals surface area contributed by atoms with Crippen LogP contribution in [-0.2, 0) is 0 Å². The number of aromatic nitrogens is 4. The van der Waals surface area contributed by atoms with Gasteiger partial charge in [0.1, 0.15) is 17.5 Å². The molecule has 0 bridgehead atoms. The minimum Gasteiger partial charge on any atom is -0.308 e. The highest BCUT2D eigenvalue weighted by molar-refractivity contribution is 6.12. The molecule has 286 valence electrons. The molecule has 0 aliphatic rings. The minimum atomic E-state index is 0.386. The van der Waals surface area contributed by atoms with Gasteiger partial charge in [-0.3, -0.25) is 0 Å². The van der Waals surface area contributed by atoms with Gasteiger partial charge in [-0.25, -0.2) is 9.97 Å². The van der Waals surface area contributed by atoms with E-state index in [4.69, 9.17) is 4.98 Å². The molecule has 0 fully saturated rings. The molecule has 0 atom stereocenters. The lowest BCUT2D eigenvalue weighted by Crippen LogP contribution is -2.06. The molecule has 10 rings (SSSR count). The van der Waals surface area contributed by atoms with E-state index in [-0.39, 0.29) is 0 Å². The summed E-state index contributed by atoms with van der Waals surface area (Å²) in [5.41, 5.74) is 12.0. The van der Waals surface area contributed by atoms with Crippen LogP contribution in [0.2, 0.25) is 0 Å². The van der Waals surface area contributed by atoms with Gasteiger partial charge < -0.3 is 9.13 Å². The molecule has 10 aromatic rings. The van der Waals surface area contributed by atoms with Gasteiger partial charge in [0.15, 0.2) is 0 Å². The summed E-state index contributed by atoms with van der Waals surface area (Å²) in [5.74, 6) is 0.614. The van der Waals surface area contributed by atoms with Crippen LogP contribution in [0.5, 0.6) is 0 Å². The Bertz CT molecular complexity index is 3490. The summed E-state index contributed by atoms with van der Waals surface area (Å²) in [5, 5.41) is 54.7. The third-order valence-electron chi connectivity index (χ3n) is 11.3. The predicted molar refractivity (Wildman–Crippen MR) is 240 cm³/mol. The van der Waals surface area contributed by atoms with E-state index in [9.17, 15) is 26.3 Å². The van der Waals surface area contributed by atoms with Crippen molar-refractivity contribution in [2.45, 2.75) is 13.8 Å². The number of para-hydroxylation sites is 2. The van der Waals surface area contributed by atoms with Gasteiger partial charge in [0.2, 0.25) is 0 Å². The molecule has 3 heterocycles. The summed E-state index contributed by atoms with van der Waals surface area (Å²) in [7, 11) is 0. The van der Waals surface area contributed by atoms with Crippen LogP contribution in [0.15, 0.2) is 140 Å². The van der Waals surface area contributed by atoms with Crippen molar-refractivity contribution in [3.63, 3.8) is 0 Å². The molecular weight excluding hydrogens is 763 g/mol. The Labute approximate surface area is 355 Å². The van der Waals surface area contributed by atoms with Crippen LogP contribution >= 0.6 is 0 Å². The first-order chi connectivity index (χ1) is 30.3. The molecule has 0 radical (unpaired) electrons. The summed E-state index contributed by atoms with van der Waals surface area (Å²) >= 11 is 0. The van der Waals surface area contributed by atoms with Crippen molar-refractivity contribution >= 4 is 43.6 Å². The molecular formula is C53H29N9. The van der Waals surface area contributed by atoms with E-state index in [2.05, 4.69) is 80.9 Å². The highest BCUT2D eigenvalue weighted by atomic mass is 15.0. The van der Waals surface area contributed by atoms with E-state index in [0.29, 0.717) is 50.7 Å². The molecule has 7 aromatic carbocycles. The topological polar surface area (TPSA) is 155 Å². The molecule has 3 aromatic heterocycles. The van der Waals surface area contributed by atoms with Crippen LogP contribution in [0.1, 0.15) is 39.3 Å². The molecule has 0 aliphatic carbocycles. The molecule has 0 saturated carbocycles. The average molecular weight is 792 g/mol. The van der Waals surface area contributed by atoms with Crippen molar-refractivity contribution in [3.8, 4) is 75.2 Å². The van der Waals surface area contributed by atoms with Crippen molar-refractivity contribution in [1.82, 2.24) is 19.1 Å². The van der Waals surface area contributed by atoms with Crippen LogP contribution in [0.3, 0.4) is 0 Å². The SMILES string of the molecule is Cc1cc(-c2cc(-n3c4ccccc4c4ccc(-c5cc(C#N)cc(C#N)c5)cc43)c(C#N)c(-n3c4ccccc4c4ccc(-c5cc(C#N)cc(C#N)c5)cc43)c2)nc(C)n1. The molecule has 0 aliphatic heterocycles. The van der Waals surface area contributed by atoms with Gasteiger partial charge in [-0.05, 0) is 115 Å². The van der Waals surface area contributed by atoms with E-state index in [1.807, 2.05) is 80.6 Å². The standard InChI is InChI=1S/C53H29N9/c1-31-15-47(60-32(2)59-31)41-24-52(61-48-9-5-3-7-42(48)44-13-11-37(22-50(44)61)39-18-33(26-54)16-34(19-39)27-55)46(30-58)53(25-41)62-49-10-6-4-8-43(49)45-14-12-38(23-51(45)62)40-20-35(28-56)17-36(21-40)29-57/h3-25H,1-2H3. The third-order valence-corrected chi connectivity index (χ3v) is 11.3. The third kappa shape index (κ3) is 5.97. The second-order valence-electron chi connectivity index (χ2n) is 15.2. The normalized spacial score (nSPS) is 11.0. The van der Waals surface area contributed by atoms with Crippen LogP contribution in [-0.4, -0.2) is 19.1 Å². The average Bonchev–Trinajstić information content (AvgIpc) is 3.82. The van der Waals surface area contributed by atoms with E-state index in [1.54, 1.807) is 36.4 Å². The first kappa shape index (κ1) is 37.0. The van der Waals surface area contributed by atoms with Gasteiger partial charge in [0.25, 0.3) is 0 Å². The monoisotopic (exact) mass is 791 g/mol. The summed E-state index contributed by atoms with van der Waals surface area (Å²) < 4.78 is 4.24. The maximum absolute atomic E-state index is 11.5. The van der Waals surface area contributed by atoms with Crippen LogP contribution in [0, 0.1) is 70.5 Å². The Morgan fingerprint density at radius 1 is 0.387 bits per heavy atom. The van der Waals surface area contributed by atoms with E-state index in [1.165, 1.54) is 0 Å². The summed E-state index contributed by atoms with van der Waals surface area (Å²) in [4.78, 5) is 9.48. The zero-order valence-corrected chi connectivity index (χ0v) is 33.3. The maximum atomic E-state index is 11.5. The van der Waals surface area contributed by atoms with Crippen LogP contribution in [0.25, 0.3) is 88.5 Å². The number of hydrogen-bond donors (Lipinski definition) is 0. The van der Waals surface area contributed by atoms with Gasteiger partial charge in [0, 0.05) is 32.8 Å². The molecule has 9 heteroatoms. The second kappa shape index (κ2) is 14.5. The lowest BCUT2D eigenvalue weighted by molar-refractivity contribution is 1.01. The molecule has 62 heavy (non-hydrogen) atoms. The predicted octanol–water partition coefficient (Wildman–Crippen LogP) is 11.6. The lowest BCUT2D eigenvalue weighted by Gasteiger charge is -2.19. The number of nitriles is 5. The van der Waals surface area contributed by atoms with E-state index >= 15 is 0 Å². The fourth-order valence-electron chi connectivity index (χ4n) is 8.76. The fourth-order valence-corrected chi connectivity index (χ4v) is 8.76. The number of fused-ring (bicyclic) bond motifs is 6. The minimum absolute atomic E-state index is 0.386.